The van der Waals surface area contributed by atoms with E-state index >= 15 is 0 Å². The number of nitrogens with zero attached hydrogens (tertiary/aromatic N) is 1. The highest BCUT2D eigenvalue weighted by Gasteiger charge is 2.36. The maximum Gasteiger partial charge on any atom is 0.305 e. The second-order valence-electron chi connectivity index (χ2n) is 6.27. The van der Waals surface area contributed by atoms with Crippen LogP contribution in [-0.4, -0.2) is 35.4 Å². The molecule has 0 saturated carbocycles. The number of carboxylic acids is 1. The van der Waals surface area contributed by atoms with Gasteiger partial charge in [-0.15, -0.1) is 0 Å². The SMILES string of the molecule is CCCC(=O)c1ccc2c(c1)N(CCC(=O)O)C(=O)C(C(C)C)O2. The van der Waals surface area contributed by atoms with Gasteiger partial charge in [-0.25, -0.2) is 0 Å². The second-order valence-corrected chi connectivity index (χ2v) is 6.27. The molecule has 0 spiro atoms. The summed E-state index contributed by atoms with van der Waals surface area (Å²) < 4.78 is 5.79. The molecule has 0 aromatic heterocycles. The summed E-state index contributed by atoms with van der Waals surface area (Å²) in [4.78, 5) is 37.1. The Balaban J connectivity index is 2.41. The van der Waals surface area contributed by atoms with Gasteiger partial charge in [0, 0.05) is 18.5 Å². The van der Waals surface area contributed by atoms with Crippen LogP contribution in [0.5, 0.6) is 5.75 Å². The number of ketones is 1. The van der Waals surface area contributed by atoms with Gasteiger partial charge in [0.05, 0.1) is 12.1 Å². The second kappa shape index (κ2) is 7.47. The molecule has 0 bridgehead atoms. The first kappa shape index (κ1) is 18.0. The van der Waals surface area contributed by atoms with Crippen LogP contribution in [0.3, 0.4) is 0 Å². The highest BCUT2D eigenvalue weighted by molar-refractivity contribution is 6.03. The van der Waals surface area contributed by atoms with Gasteiger partial charge >= 0.3 is 5.97 Å². The van der Waals surface area contributed by atoms with Gasteiger partial charge in [-0.05, 0) is 30.5 Å². The number of hydrogen-bond acceptors (Lipinski definition) is 4. The van der Waals surface area contributed by atoms with E-state index in [0.717, 1.165) is 6.42 Å². The fourth-order valence-electron chi connectivity index (χ4n) is 2.69. The van der Waals surface area contributed by atoms with Crippen molar-refractivity contribution in [3.8, 4) is 5.75 Å². The molecule has 0 saturated heterocycles. The maximum absolute atomic E-state index is 12.7. The number of fused-ring (bicyclic) bond motifs is 1. The lowest BCUT2D eigenvalue weighted by molar-refractivity contribution is -0.136. The molecule has 0 aliphatic carbocycles. The summed E-state index contributed by atoms with van der Waals surface area (Å²) in [6, 6.07) is 5.01. The Morgan fingerprint density at radius 1 is 1.29 bits per heavy atom. The van der Waals surface area contributed by atoms with Gasteiger partial charge < -0.3 is 14.7 Å². The van der Waals surface area contributed by atoms with Crippen LogP contribution in [0.1, 0.15) is 50.4 Å². The number of Topliss-reactive ketones (excluding diaryl/α,β-unsaturated/α-hetero) is 1. The Morgan fingerprint density at radius 2 is 2.00 bits per heavy atom. The molecule has 1 unspecified atom stereocenters. The first-order valence-electron chi connectivity index (χ1n) is 8.22. The predicted octanol–water partition coefficient (Wildman–Crippen LogP) is 2.89. The van der Waals surface area contributed by atoms with Crippen LogP contribution in [0.15, 0.2) is 18.2 Å². The van der Waals surface area contributed by atoms with Crippen molar-refractivity contribution in [1.29, 1.82) is 0 Å². The van der Waals surface area contributed by atoms with E-state index in [1.165, 1.54) is 4.90 Å². The molecule has 0 fully saturated rings. The number of ether oxygens (including phenoxy) is 1. The minimum absolute atomic E-state index is 0.00285. The lowest BCUT2D eigenvalue weighted by Crippen LogP contribution is -2.49. The Morgan fingerprint density at radius 3 is 2.58 bits per heavy atom. The lowest BCUT2D eigenvalue weighted by Gasteiger charge is -2.36. The van der Waals surface area contributed by atoms with Crippen molar-refractivity contribution in [2.75, 3.05) is 11.4 Å². The monoisotopic (exact) mass is 333 g/mol. The summed E-state index contributed by atoms with van der Waals surface area (Å²) in [6.07, 6.45) is 0.354. The minimum atomic E-state index is -0.977. The topological polar surface area (TPSA) is 83.9 Å². The third-order valence-corrected chi connectivity index (χ3v) is 3.97. The molecule has 1 aromatic rings. The molecule has 1 heterocycles. The van der Waals surface area contributed by atoms with E-state index in [1.807, 2.05) is 20.8 Å². The van der Waals surface area contributed by atoms with Crippen LogP contribution in [0, 0.1) is 5.92 Å². The quantitative estimate of drug-likeness (QED) is 0.776. The number of rotatable bonds is 7. The fourth-order valence-corrected chi connectivity index (χ4v) is 2.69. The van der Waals surface area contributed by atoms with Gasteiger partial charge in [0.15, 0.2) is 11.9 Å². The number of hydrogen-bond donors (Lipinski definition) is 1. The summed E-state index contributed by atoms with van der Waals surface area (Å²) in [6.45, 7) is 5.73. The molecule has 0 radical (unpaired) electrons. The smallest absolute Gasteiger partial charge is 0.305 e. The molecular formula is C18H23NO5. The van der Waals surface area contributed by atoms with Crippen LogP contribution in [0.2, 0.25) is 0 Å². The molecule has 2 rings (SSSR count). The van der Waals surface area contributed by atoms with Gasteiger partial charge in [0.25, 0.3) is 5.91 Å². The molecule has 1 N–H and O–H groups in total. The fraction of sp³-hybridized carbons (Fsp3) is 0.500. The average molecular weight is 333 g/mol. The predicted molar refractivity (Wildman–Crippen MR) is 89.5 cm³/mol. The van der Waals surface area contributed by atoms with Crippen molar-refractivity contribution >= 4 is 23.3 Å². The van der Waals surface area contributed by atoms with E-state index in [9.17, 15) is 14.4 Å². The molecular weight excluding hydrogens is 310 g/mol. The number of aliphatic carboxylic acids is 1. The number of benzene rings is 1. The van der Waals surface area contributed by atoms with Crippen molar-refractivity contribution in [3.05, 3.63) is 23.8 Å². The van der Waals surface area contributed by atoms with Gasteiger partial charge in [-0.1, -0.05) is 20.8 Å². The zero-order chi connectivity index (χ0) is 17.9. The maximum atomic E-state index is 12.7. The van der Waals surface area contributed by atoms with E-state index in [0.29, 0.717) is 23.4 Å². The molecule has 6 heteroatoms. The van der Waals surface area contributed by atoms with Gasteiger partial charge in [-0.2, -0.15) is 0 Å². The Kier molecular flexibility index (Phi) is 5.59. The van der Waals surface area contributed by atoms with E-state index in [1.54, 1.807) is 18.2 Å². The molecule has 6 nitrogen and oxygen atoms in total. The molecule has 1 amide bonds. The zero-order valence-corrected chi connectivity index (χ0v) is 14.2. The van der Waals surface area contributed by atoms with E-state index in [2.05, 4.69) is 0 Å². The summed E-state index contributed by atoms with van der Waals surface area (Å²) >= 11 is 0. The minimum Gasteiger partial charge on any atom is -0.481 e. The molecule has 130 valence electrons. The van der Waals surface area contributed by atoms with E-state index < -0.39 is 12.1 Å². The van der Waals surface area contributed by atoms with E-state index in [-0.39, 0.29) is 30.6 Å². The van der Waals surface area contributed by atoms with Gasteiger partial charge in [0.2, 0.25) is 0 Å². The summed E-state index contributed by atoms with van der Waals surface area (Å²) in [5, 5.41) is 8.94. The third kappa shape index (κ3) is 3.75. The van der Waals surface area contributed by atoms with Crippen molar-refractivity contribution in [2.45, 2.75) is 46.1 Å². The number of amides is 1. The van der Waals surface area contributed by atoms with Gasteiger partial charge in [0.1, 0.15) is 5.75 Å². The molecule has 24 heavy (non-hydrogen) atoms. The van der Waals surface area contributed by atoms with Crippen molar-refractivity contribution in [1.82, 2.24) is 0 Å². The summed E-state index contributed by atoms with van der Waals surface area (Å²) in [7, 11) is 0. The lowest BCUT2D eigenvalue weighted by atomic mass is 10.0. The van der Waals surface area contributed by atoms with Crippen molar-refractivity contribution in [2.24, 2.45) is 5.92 Å². The third-order valence-electron chi connectivity index (χ3n) is 3.97. The summed E-state index contributed by atoms with van der Waals surface area (Å²) in [5.41, 5.74) is 0.982. The Hall–Kier alpha value is -2.37. The van der Waals surface area contributed by atoms with Crippen molar-refractivity contribution < 1.29 is 24.2 Å². The largest absolute Gasteiger partial charge is 0.481 e. The molecule has 1 atom stereocenters. The van der Waals surface area contributed by atoms with Crippen molar-refractivity contribution in [3.63, 3.8) is 0 Å². The van der Waals surface area contributed by atoms with E-state index in [4.69, 9.17) is 9.84 Å². The summed E-state index contributed by atoms with van der Waals surface area (Å²) in [5.74, 6) is -0.781. The Labute approximate surface area is 141 Å². The number of carbonyl (C=O) groups excluding carboxylic acids is 2. The number of carboxylic acid groups (broad SMARTS) is 1. The number of carbonyl (C=O) groups is 3. The van der Waals surface area contributed by atoms with Crippen LogP contribution in [0.25, 0.3) is 0 Å². The van der Waals surface area contributed by atoms with Crippen LogP contribution in [-0.2, 0) is 9.59 Å². The molecule has 1 aliphatic heterocycles. The van der Waals surface area contributed by atoms with Crippen LogP contribution >= 0.6 is 0 Å². The normalized spacial score (nSPS) is 16.8. The average Bonchev–Trinajstić information content (AvgIpc) is 2.52. The Bertz CT molecular complexity index is 653. The van der Waals surface area contributed by atoms with Crippen LogP contribution < -0.4 is 9.64 Å². The first-order chi connectivity index (χ1) is 11.3. The van der Waals surface area contributed by atoms with Crippen LogP contribution in [0.4, 0.5) is 5.69 Å². The molecule has 1 aromatic carbocycles. The zero-order valence-electron chi connectivity index (χ0n) is 14.2. The standard InChI is InChI=1S/C18H23NO5/c1-4-5-14(20)12-6-7-15-13(10-12)19(9-8-16(21)22)18(23)17(24-15)11(2)3/h6-7,10-11,17H,4-5,8-9H2,1-3H3,(H,21,22). The first-order valence-corrected chi connectivity index (χ1v) is 8.22. The molecule has 1 aliphatic rings. The highest BCUT2D eigenvalue weighted by atomic mass is 16.5. The number of anilines is 1. The highest BCUT2D eigenvalue weighted by Crippen LogP contribution is 2.37. The van der Waals surface area contributed by atoms with Gasteiger partial charge in [-0.3, -0.25) is 14.4 Å².